The number of nitrogens with zero attached hydrogens (tertiary/aromatic N) is 1. The minimum absolute atomic E-state index is 0.104. The highest BCUT2D eigenvalue weighted by Gasteiger charge is 2.39. The van der Waals surface area contributed by atoms with E-state index in [1.54, 1.807) is 0 Å². The van der Waals surface area contributed by atoms with E-state index in [4.69, 9.17) is 15.2 Å². The molecule has 0 spiro atoms. The first-order valence-corrected chi connectivity index (χ1v) is 7.04. The van der Waals surface area contributed by atoms with Crippen molar-refractivity contribution in [1.82, 2.24) is 0 Å². The zero-order valence-corrected chi connectivity index (χ0v) is 13.6. The van der Waals surface area contributed by atoms with Crippen LogP contribution in [0.15, 0.2) is 23.9 Å². The van der Waals surface area contributed by atoms with Crippen LogP contribution >= 0.6 is 0 Å². The molecule has 2 rings (SSSR count). The molecule has 1 aromatic carbocycles. The molecule has 0 aromatic heterocycles. The Morgan fingerprint density at radius 1 is 1.28 bits per heavy atom. The summed E-state index contributed by atoms with van der Waals surface area (Å²) in [7, 11) is 0. The van der Waals surface area contributed by atoms with Gasteiger partial charge in [0.2, 0.25) is 5.91 Å². The Kier molecular flexibility index (Phi) is 4.46. The lowest BCUT2D eigenvalue weighted by Crippen LogP contribution is -2.42. The fourth-order valence-corrected chi connectivity index (χ4v) is 2.11. The van der Waals surface area contributed by atoms with Gasteiger partial charge in [-0.05, 0) is 13.0 Å². The predicted molar refractivity (Wildman–Crippen MR) is 84.3 cm³/mol. The molecule has 25 heavy (non-hydrogen) atoms. The number of hydrogen-bond donors (Lipinski definition) is 2. The van der Waals surface area contributed by atoms with Gasteiger partial charge in [-0.1, -0.05) is 0 Å². The molecular formula is C15H15N3O7. The van der Waals surface area contributed by atoms with Gasteiger partial charge in [0.05, 0.1) is 10.5 Å². The van der Waals surface area contributed by atoms with Gasteiger partial charge in [0, 0.05) is 37.4 Å². The van der Waals surface area contributed by atoms with Crippen LogP contribution in [0.1, 0.15) is 29.8 Å². The molecule has 1 aliphatic heterocycles. The summed E-state index contributed by atoms with van der Waals surface area (Å²) in [5, 5.41) is 13.7. The Morgan fingerprint density at radius 2 is 1.84 bits per heavy atom. The van der Waals surface area contributed by atoms with Crippen molar-refractivity contribution in [1.29, 1.82) is 0 Å². The van der Waals surface area contributed by atoms with Gasteiger partial charge in [-0.3, -0.25) is 14.9 Å². The molecule has 0 aliphatic carbocycles. The third-order valence-corrected chi connectivity index (χ3v) is 3.35. The molecule has 1 heterocycles. The highest BCUT2D eigenvalue weighted by Crippen LogP contribution is 2.28. The standard InChI is InChI=1S/C15H15N3O7/c1-7-10(4-8(12(16)19)5-11(7)18(22)23)17-6-9-13(20)24-15(2,3)25-14(9)21/h4-6,17H,1-3H3,(H2,16,19). The number of carbonyl (C=O) groups excluding carboxylic acids is 3. The maximum atomic E-state index is 11.9. The average Bonchev–Trinajstić information content (AvgIpc) is 2.45. The summed E-state index contributed by atoms with van der Waals surface area (Å²) in [6, 6.07) is 2.31. The van der Waals surface area contributed by atoms with E-state index in [9.17, 15) is 24.5 Å². The number of cyclic esters (lactones) is 2. The highest BCUT2D eigenvalue weighted by atomic mass is 16.7. The average molecular weight is 349 g/mol. The minimum Gasteiger partial charge on any atom is -0.419 e. The molecule has 0 bridgehead atoms. The molecule has 1 amide bonds. The van der Waals surface area contributed by atoms with Gasteiger partial charge >= 0.3 is 11.9 Å². The first-order valence-electron chi connectivity index (χ1n) is 7.04. The summed E-state index contributed by atoms with van der Waals surface area (Å²) in [5.41, 5.74) is 4.60. The second-order valence-corrected chi connectivity index (χ2v) is 5.67. The lowest BCUT2D eigenvalue weighted by Gasteiger charge is -2.29. The van der Waals surface area contributed by atoms with Crippen LogP contribution in [0.4, 0.5) is 11.4 Å². The van der Waals surface area contributed by atoms with E-state index in [1.807, 2.05) is 0 Å². The van der Waals surface area contributed by atoms with E-state index in [0.717, 1.165) is 12.3 Å². The summed E-state index contributed by atoms with van der Waals surface area (Å²) in [6.45, 7) is 4.23. The summed E-state index contributed by atoms with van der Waals surface area (Å²) >= 11 is 0. The normalized spacial score (nSPS) is 15.9. The number of nitro benzene ring substituents is 1. The predicted octanol–water partition coefficient (Wildman–Crippen LogP) is 1.13. The molecule has 1 fully saturated rings. The Hall–Kier alpha value is -3.43. The molecular weight excluding hydrogens is 334 g/mol. The van der Waals surface area contributed by atoms with Crippen LogP contribution in [-0.4, -0.2) is 28.6 Å². The van der Waals surface area contributed by atoms with Gasteiger partial charge in [-0.15, -0.1) is 0 Å². The van der Waals surface area contributed by atoms with Gasteiger partial charge in [0.25, 0.3) is 11.5 Å². The van der Waals surface area contributed by atoms with Crippen LogP contribution in [-0.2, 0) is 19.1 Å². The van der Waals surface area contributed by atoms with Crippen molar-refractivity contribution in [2.75, 3.05) is 5.32 Å². The quantitative estimate of drug-likeness (QED) is 0.270. The van der Waals surface area contributed by atoms with Gasteiger partial charge in [-0.2, -0.15) is 0 Å². The fourth-order valence-electron chi connectivity index (χ4n) is 2.11. The second kappa shape index (κ2) is 6.23. The van der Waals surface area contributed by atoms with Crippen LogP contribution in [0.5, 0.6) is 0 Å². The Bertz CT molecular complexity index is 805. The fraction of sp³-hybridized carbons (Fsp3) is 0.267. The van der Waals surface area contributed by atoms with Crippen LogP contribution < -0.4 is 11.1 Å². The summed E-state index contributed by atoms with van der Waals surface area (Å²) < 4.78 is 9.85. The van der Waals surface area contributed by atoms with E-state index in [-0.39, 0.29) is 22.5 Å². The maximum absolute atomic E-state index is 11.9. The number of nitrogens with one attached hydrogen (secondary N) is 1. The summed E-state index contributed by atoms with van der Waals surface area (Å²) in [4.78, 5) is 45.5. The molecule has 3 N–H and O–H groups in total. The number of benzene rings is 1. The molecule has 0 radical (unpaired) electrons. The molecule has 10 nitrogen and oxygen atoms in total. The van der Waals surface area contributed by atoms with Crippen LogP contribution in [0.3, 0.4) is 0 Å². The Morgan fingerprint density at radius 3 is 2.32 bits per heavy atom. The minimum atomic E-state index is -1.38. The molecule has 1 aromatic rings. The van der Waals surface area contributed by atoms with E-state index in [0.29, 0.717) is 0 Å². The zero-order chi connectivity index (χ0) is 18.9. The maximum Gasteiger partial charge on any atom is 0.350 e. The van der Waals surface area contributed by atoms with Gasteiger partial charge in [0.15, 0.2) is 5.57 Å². The van der Waals surface area contributed by atoms with Crippen molar-refractivity contribution in [2.24, 2.45) is 5.73 Å². The monoisotopic (exact) mass is 349 g/mol. The number of ether oxygens (including phenoxy) is 2. The van der Waals surface area contributed by atoms with E-state index < -0.39 is 34.1 Å². The molecule has 10 heteroatoms. The van der Waals surface area contributed by atoms with E-state index >= 15 is 0 Å². The lowest BCUT2D eigenvalue weighted by atomic mass is 10.1. The number of anilines is 1. The molecule has 0 unspecified atom stereocenters. The number of primary amides is 1. The van der Waals surface area contributed by atoms with Crippen molar-refractivity contribution in [3.8, 4) is 0 Å². The highest BCUT2D eigenvalue weighted by molar-refractivity contribution is 6.15. The number of nitrogens with two attached hydrogens (primary N) is 1. The van der Waals surface area contributed by atoms with Crippen molar-refractivity contribution in [3.63, 3.8) is 0 Å². The summed E-state index contributed by atoms with van der Waals surface area (Å²) in [5.74, 6) is -4.07. The topological polar surface area (TPSA) is 151 Å². The van der Waals surface area contributed by atoms with Crippen LogP contribution in [0, 0.1) is 17.0 Å². The Balaban J connectivity index is 2.40. The Labute approximate surface area is 141 Å². The van der Waals surface area contributed by atoms with E-state index in [2.05, 4.69) is 5.32 Å². The van der Waals surface area contributed by atoms with Crippen molar-refractivity contribution in [3.05, 3.63) is 45.1 Å². The molecule has 132 valence electrons. The number of amides is 1. The number of carbonyl (C=O) groups is 3. The number of hydrogen-bond acceptors (Lipinski definition) is 8. The molecule has 0 saturated carbocycles. The van der Waals surface area contributed by atoms with Crippen molar-refractivity contribution >= 4 is 29.2 Å². The molecule has 0 atom stereocenters. The second-order valence-electron chi connectivity index (χ2n) is 5.67. The van der Waals surface area contributed by atoms with Crippen molar-refractivity contribution < 1.29 is 28.8 Å². The molecule has 1 saturated heterocycles. The largest absolute Gasteiger partial charge is 0.419 e. The van der Waals surface area contributed by atoms with Crippen LogP contribution in [0.2, 0.25) is 0 Å². The van der Waals surface area contributed by atoms with Gasteiger partial charge in [-0.25, -0.2) is 9.59 Å². The SMILES string of the molecule is Cc1c(NC=C2C(=O)OC(C)(C)OC2=O)cc(C(N)=O)cc1[N+](=O)[O-]. The third kappa shape index (κ3) is 3.74. The van der Waals surface area contributed by atoms with Gasteiger partial charge < -0.3 is 20.5 Å². The first kappa shape index (κ1) is 17.9. The van der Waals surface area contributed by atoms with E-state index in [1.165, 1.54) is 26.8 Å². The number of esters is 2. The first-order chi connectivity index (χ1) is 11.5. The zero-order valence-electron chi connectivity index (χ0n) is 13.6. The molecule has 1 aliphatic rings. The number of rotatable bonds is 4. The summed E-state index contributed by atoms with van der Waals surface area (Å²) in [6.07, 6.45) is 0.997. The van der Waals surface area contributed by atoms with Gasteiger partial charge in [0.1, 0.15) is 0 Å². The van der Waals surface area contributed by atoms with Crippen molar-refractivity contribution in [2.45, 2.75) is 26.6 Å². The lowest BCUT2D eigenvalue weighted by molar-refractivity contribution is -0.385. The smallest absolute Gasteiger partial charge is 0.350 e. The van der Waals surface area contributed by atoms with Crippen LogP contribution in [0.25, 0.3) is 0 Å². The number of nitro groups is 1. The third-order valence-electron chi connectivity index (χ3n) is 3.35.